The quantitative estimate of drug-likeness (QED) is 0.434. The van der Waals surface area contributed by atoms with Crippen LogP contribution in [-0.2, 0) is 48.4 Å². The van der Waals surface area contributed by atoms with Crippen molar-refractivity contribution < 1.29 is 53.1 Å². The Morgan fingerprint density at radius 3 is 1.58 bits per heavy atom. The first-order chi connectivity index (χ1) is 8.35. The van der Waals surface area contributed by atoms with Crippen LogP contribution < -0.4 is 4.74 Å². The number of hydrogen-bond acceptors (Lipinski definition) is 2. The zero-order chi connectivity index (χ0) is 14.5. The molecule has 1 aromatic carbocycles. The summed E-state index contributed by atoms with van der Waals surface area (Å²) in [7, 11) is 1.63. The molecule has 0 heterocycles. The third kappa shape index (κ3) is 46.4. The molecule has 0 unspecified atom stereocenters. The van der Waals surface area contributed by atoms with Crippen LogP contribution in [0.2, 0.25) is 0 Å². The second-order valence-electron chi connectivity index (χ2n) is 1.84. The van der Waals surface area contributed by atoms with Crippen molar-refractivity contribution in [2.75, 3.05) is 19.6 Å². The molecule has 1 rings (SSSR count). The minimum atomic E-state index is 0. The smallest absolute Gasteiger partial charge is 0 e. The van der Waals surface area contributed by atoms with Crippen molar-refractivity contribution in [1.29, 1.82) is 0 Å². The molecule has 4 nitrogen and oxygen atoms in total. The van der Waals surface area contributed by atoms with Gasteiger partial charge in [0.2, 0.25) is 0 Å². The van der Waals surface area contributed by atoms with E-state index in [0.717, 1.165) is 5.75 Å². The van der Waals surface area contributed by atoms with Gasteiger partial charge in [-0.05, 0) is 12.5 Å². The van der Waals surface area contributed by atoms with Crippen LogP contribution in [0.25, 0.3) is 0 Å². The van der Waals surface area contributed by atoms with Crippen LogP contribution in [0.3, 0.4) is 0 Å². The topological polar surface area (TPSA) is 68.9 Å². The molecule has 0 atom stereocenters. The minimum Gasteiger partial charge on any atom is 0 e. The first kappa shape index (κ1) is 36.3. The van der Waals surface area contributed by atoms with E-state index >= 15 is 0 Å². The third-order valence-corrected chi connectivity index (χ3v) is 0.900. The second kappa shape index (κ2) is 52.6. The SMILES string of the molecule is COc1[c-]cccc1.CSC.[C-]#[O+].[C-]#[O+].[C-]#[O+].[Cr].[Cu+]. The van der Waals surface area contributed by atoms with Gasteiger partial charge in [0.05, 0.1) is 7.11 Å². The summed E-state index contributed by atoms with van der Waals surface area (Å²) in [6.45, 7) is 13.5. The summed E-state index contributed by atoms with van der Waals surface area (Å²) in [5.74, 6) is 0.785. The monoisotopic (exact) mass is 368 g/mol. The summed E-state index contributed by atoms with van der Waals surface area (Å²) in [4.78, 5) is 0. The van der Waals surface area contributed by atoms with E-state index in [1.165, 1.54) is 0 Å². The van der Waals surface area contributed by atoms with Crippen molar-refractivity contribution >= 4 is 11.8 Å². The molecule has 0 aromatic heterocycles. The molecule has 0 saturated heterocycles. The van der Waals surface area contributed by atoms with E-state index in [9.17, 15) is 0 Å². The molecule has 0 amide bonds. The van der Waals surface area contributed by atoms with Gasteiger partial charge in [0.15, 0.2) is 0 Å². The van der Waals surface area contributed by atoms with Crippen molar-refractivity contribution in [3.63, 3.8) is 0 Å². The van der Waals surface area contributed by atoms with Crippen molar-refractivity contribution in [2.45, 2.75) is 0 Å². The Hall–Kier alpha value is -0.358. The number of rotatable bonds is 1. The molecule has 0 aliphatic rings. The third-order valence-electron chi connectivity index (χ3n) is 0.900. The van der Waals surface area contributed by atoms with Gasteiger partial charge in [0.1, 0.15) is 0 Å². The summed E-state index contributed by atoms with van der Waals surface area (Å²) in [6.07, 6.45) is 4.08. The van der Waals surface area contributed by atoms with E-state index in [4.69, 9.17) is 18.7 Å². The van der Waals surface area contributed by atoms with E-state index in [2.05, 4.69) is 26.0 Å². The number of para-hydroxylation sites is 1. The van der Waals surface area contributed by atoms with Gasteiger partial charge in [-0.15, -0.1) is 12.1 Å². The molecule has 0 saturated carbocycles. The molecular formula is C12H13CrCuO4S. The maximum atomic E-state index is 7.50. The molecule has 0 radical (unpaired) electrons. The van der Waals surface area contributed by atoms with Crippen LogP contribution >= 0.6 is 11.8 Å². The molecule has 108 valence electrons. The summed E-state index contributed by atoms with van der Waals surface area (Å²) in [6, 6.07) is 10.4. The summed E-state index contributed by atoms with van der Waals surface area (Å²) < 4.78 is 27.4. The summed E-state index contributed by atoms with van der Waals surface area (Å²) in [5.41, 5.74) is 0. The number of hydrogen-bond donors (Lipinski definition) is 0. The zero-order valence-corrected chi connectivity index (χ0v) is 13.6. The van der Waals surface area contributed by atoms with Gasteiger partial charge in [-0.25, -0.2) is 0 Å². The Kier molecular flexibility index (Phi) is 100. The summed E-state index contributed by atoms with van der Waals surface area (Å²) >= 11 is 1.75. The predicted molar refractivity (Wildman–Crippen MR) is 63.1 cm³/mol. The van der Waals surface area contributed by atoms with E-state index in [1.807, 2.05) is 36.8 Å². The van der Waals surface area contributed by atoms with Crippen LogP contribution in [-0.4, -0.2) is 19.6 Å². The first-order valence-corrected chi connectivity index (χ1v) is 5.50. The van der Waals surface area contributed by atoms with Crippen molar-refractivity contribution in [2.24, 2.45) is 0 Å². The molecule has 0 spiro atoms. The molecule has 1 aromatic rings. The van der Waals surface area contributed by atoms with Crippen molar-refractivity contribution in [1.82, 2.24) is 0 Å². The standard InChI is InChI=1S/C7H7O.C2H6S.3CO.Cr.Cu/c1-8-7-5-3-2-4-6-7;1-3-2;3*1-2;;/h2-5H,1H3;1-2H3;;;;;/q-1;;;;;;+1. The van der Waals surface area contributed by atoms with Crippen molar-refractivity contribution in [3.05, 3.63) is 50.3 Å². The molecule has 0 fully saturated rings. The number of ether oxygens (including phenoxy) is 1. The van der Waals surface area contributed by atoms with Gasteiger partial charge < -0.3 is 4.74 Å². The Balaban J connectivity index is -0.0000000334. The van der Waals surface area contributed by atoms with Crippen molar-refractivity contribution in [3.8, 4) is 5.75 Å². The largest absolute Gasteiger partial charge is 1.00 e. The van der Waals surface area contributed by atoms with Gasteiger partial charge >= 0.3 is 51.0 Å². The maximum absolute atomic E-state index is 7.50. The fourth-order valence-corrected chi connectivity index (χ4v) is 0.504. The number of benzene rings is 1. The Morgan fingerprint density at radius 1 is 1.05 bits per heavy atom. The van der Waals surface area contributed by atoms with Gasteiger partial charge in [-0.3, -0.25) is 0 Å². The van der Waals surface area contributed by atoms with E-state index in [1.54, 1.807) is 18.9 Å². The second-order valence-corrected chi connectivity index (χ2v) is 2.66. The summed E-state index contributed by atoms with van der Waals surface area (Å²) in [5, 5.41) is 0. The van der Waals surface area contributed by atoms with Gasteiger partial charge in [-0.1, -0.05) is 0 Å². The van der Waals surface area contributed by atoms with E-state index in [-0.39, 0.29) is 34.4 Å². The average molecular weight is 369 g/mol. The van der Waals surface area contributed by atoms with Crippen LogP contribution in [0.1, 0.15) is 0 Å². The van der Waals surface area contributed by atoms with Crippen LogP contribution in [0.4, 0.5) is 0 Å². The molecule has 0 N–H and O–H groups in total. The number of thioether (sulfide) groups is 1. The predicted octanol–water partition coefficient (Wildman–Crippen LogP) is 2.36. The first-order valence-electron chi connectivity index (χ1n) is 3.87. The van der Waals surface area contributed by atoms with Crippen LogP contribution in [0.15, 0.2) is 24.3 Å². The molecule has 0 aliphatic carbocycles. The maximum Gasteiger partial charge on any atom is 1.00 e. The van der Waals surface area contributed by atoms with E-state index < -0.39 is 0 Å². The molecule has 0 bridgehead atoms. The van der Waals surface area contributed by atoms with Gasteiger partial charge in [-0.2, -0.15) is 30.0 Å². The van der Waals surface area contributed by atoms with E-state index in [0.29, 0.717) is 0 Å². The Labute approximate surface area is 140 Å². The molecular weight excluding hydrogens is 356 g/mol. The Morgan fingerprint density at radius 2 is 1.42 bits per heavy atom. The average Bonchev–Trinajstić information content (AvgIpc) is 2.47. The zero-order valence-electron chi connectivity index (χ0n) is 10.6. The van der Waals surface area contributed by atoms with Gasteiger partial charge in [0, 0.05) is 23.1 Å². The van der Waals surface area contributed by atoms with Gasteiger partial charge in [0.25, 0.3) is 0 Å². The minimum absolute atomic E-state index is 0. The molecule has 19 heavy (non-hydrogen) atoms. The molecule has 7 heteroatoms. The fraction of sp³-hybridized carbons (Fsp3) is 0.250. The molecule has 0 aliphatic heterocycles. The van der Waals surface area contributed by atoms with Crippen LogP contribution in [0, 0.1) is 26.0 Å². The van der Waals surface area contributed by atoms with Crippen LogP contribution in [0.5, 0.6) is 5.75 Å². The fourth-order valence-electron chi connectivity index (χ4n) is 0.504. The number of methoxy groups -OCH3 is 1. The normalized spacial score (nSPS) is 4.89. The Bertz CT molecular complexity index is 264.